The van der Waals surface area contributed by atoms with Crippen LogP contribution >= 0.6 is 0 Å². The molecule has 7 heteroatoms. The van der Waals surface area contributed by atoms with Gasteiger partial charge in [0.05, 0.1) is 22.5 Å². The second-order valence-corrected chi connectivity index (χ2v) is 21.0. The number of rotatable bonds is 6. The van der Waals surface area contributed by atoms with Crippen molar-refractivity contribution in [3.8, 4) is 39.9 Å². The number of imidazole rings is 1. The van der Waals surface area contributed by atoms with E-state index in [1.807, 2.05) is 22.9 Å². The van der Waals surface area contributed by atoms with Crippen molar-refractivity contribution in [2.45, 2.75) is 105 Å². The van der Waals surface area contributed by atoms with E-state index in [1.54, 1.807) is 6.20 Å². The van der Waals surface area contributed by atoms with Gasteiger partial charge in [-0.1, -0.05) is 155 Å². The largest absolute Gasteiger partial charge is 0.522 e. The summed E-state index contributed by atoms with van der Waals surface area (Å²) in [6.45, 7) is 27.1. The Labute approximate surface area is 393 Å². The number of nitrogens with zero attached hydrogens (tertiary/aromatic N) is 5. The van der Waals surface area contributed by atoms with Crippen LogP contribution in [0.25, 0.3) is 61.3 Å². The number of ether oxygens (including phenoxy) is 1. The van der Waals surface area contributed by atoms with Gasteiger partial charge in [-0.15, -0.1) is 17.5 Å². The molecule has 0 saturated heterocycles. The van der Waals surface area contributed by atoms with E-state index in [0.29, 0.717) is 17.3 Å². The molecule has 0 aliphatic rings. The second kappa shape index (κ2) is 16.3. The summed E-state index contributed by atoms with van der Waals surface area (Å²) >= 11 is 0. The Morgan fingerprint density at radius 1 is 0.516 bits per heavy atom. The van der Waals surface area contributed by atoms with E-state index in [-0.39, 0.29) is 42.7 Å². The number of benzene rings is 5. The SMILES string of the molecule is CC(C)(C)c1cccc(-c2ccc3c(c2)n(-c2[c-]c(Oc4[c-]c5c(cc4)c4ccccc4n5-c4cc(C(C)(C)C)ccn4)ccn2)[c-][n+]3-c2cc(C(C)(C)C)cc(C(C)(C)C)c2)c1.[Pt]. The van der Waals surface area contributed by atoms with Gasteiger partial charge in [-0.2, -0.15) is 18.2 Å². The topological polar surface area (TPSA) is 48.8 Å². The maximum Gasteiger partial charge on any atom is 0.269 e. The van der Waals surface area contributed by atoms with Crippen molar-refractivity contribution >= 4 is 32.8 Å². The summed E-state index contributed by atoms with van der Waals surface area (Å²) in [6, 6.07) is 48.2. The van der Waals surface area contributed by atoms with Crippen LogP contribution in [0.4, 0.5) is 0 Å². The van der Waals surface area contributed by atoms with Gasteiger partial charge in [-0.25, -0.2) is 4.98 Å². The molecule has 0 bridgehead atoms. The summed E-state index contributed by atoms with van der Waals surface area (Å²) < 4.78 is 13.0. The average Bonchev–Trinajstić information content (AvgIpc) is 3.78. The van der Waals surface area contributed by atoms with E-state index in [0.717, 1.165) is 55.5 Å². The first-order chi connectivity index (χ1) is 29.7. The van der Waals surface area contributed by atoms with Gasteiger partial charge in [-0.05, 0) is 103 Å². The minimum atomic E-state index is -0.0530. The molecule has 0 amide bonds. The van der Waals surface area contributed by atoms with Crippen molar-refractivity contribution in [2.75, 3.05) is 0 Å². The molecule has 0 unspecified atom stereocenters. The summed E-state index contributed by atoms with van der Waals surface area (Å²) in [5, 5.41) is 2.21. The predicted octanol–water partition coefficient (Wildman–Crippen LogP) is 13.8. The quantitative estimate of drug-likeness (QED) is 0.123. The van der Waals surface area contributed by atoms with Gasteiger partial charge in [0.2, 0.25) is 0 Å². The number of para-hydroxylation sites is 1. The van der Waals surface area contributed by atoms with Gasteiger partial charge in [0.25, 0.3) is 6.33 Å². The van der Waals surface area contributed by atoms with E-state index < -0.39 is 0 Å². The summed E-state index contributed by atoms with van der Waals surface area (Å²) in [5.74, 6) is 2.50. The van der Waals surface area contributed by atoms with Gasteiger partial charge in [0.15, 0.2) is 0 Å². The summed E-state index contributed by atoms with van der Waals surface area (Å²) in [5.41, 5.74) is 12.2. The molecule has 6 nitrogen and oxygen atoms in total. The van der Waals surface area contributed by atoms with E-state index in [9.17, 15) is 0 Å². The second-order valence-electron chi connectivity index (χ2n) is 21.0. The molecular formula is C57H57N5OPt-2. The van der Waals surface area contributed by atoms with Gasteiger partial charge in [0, 0.05) is 38.5 Å². The predicted molar refractivity (Wildman–Crippen MR) is 258 cm³/mol. The van der Waals surface area contributed by atoms with Crippen LogP contribution in [0, 0.1) is 18.5 Å². The van der Waals surface area contributed by atoms with E-state index in [1.165, 1.54) is 22.3 Å². The molecule has 0 atom stereocenters. The van der Waals surface area contributed by atoms with Crippen LogP contribution in [0.1, 0.15) is 105 Å². The smallest absolute Gasteiger partial charge is 0.269 e. The first-order valence-electron chi connectivity index (χ1n) is 22.0. The molecule has 9 rings (SSSR count). The molecule has 0 radical (unpaired) electrons. The molecular weight excluding hydrogens is 966 g/mol. The zero-order chi connectivity index (χ0) is 44.6. The third kappa shape index (κ3) is 8.57. The molecule has 4 heterocycles. The third-order valence-corrected chi connectivity index (χ3v) is 12.1. The molecule has 64 heavy (non-hydrogen) atoms. The maximum atomic E-state index is 6.64. The van der Waals surface area contributed by atoms with Gasteiger partial charge >= 0.3 is 0 Å². The fraction of sp³-hybridized carbons (Fsp3) is 0.281. The molecule has 0 N–H and O–H groups in total. The maximum absolute atomic E-state index is 6.64. The van der Waals surface area contributed by atoms with E-state index in [4.69, 9.17) is 14.7 Å². The van der Waals surface area contributed by atoms with Crippen LogP contribution in [-0.4, -0.2) is 19.1 Å². The Morgan fingerprint density at radius 2 is 1.16 bits per heavy atom. The molecule has 0 aliphatic heterocycles. The van der Waals surface area contributed by atoms with E-state index >= 15 is 0 Å². The number of aromatic nitrogens is 5. The normalized spacial score (nSPS) is 12.6. The number of pyridine rings is 2. The van der Waals surface area contributed by atoms with Crippen LogP contribution in [0.5, 0.6) is 11.5 Å². The van der Waals surface area contributed by atoms with Crippen molar-refractivity contribution < 1.29 is 30.4 Å². The summed E-state index contributed by atoms with van der Waals surface area (Å²) in [4.78, 5) is 9.75. The Hall–Kier alpha value is -5.84. The Bertz CT molecular complexity index is 3170. The van der Waals surface area contributed by atoms with Crippen molar-refractivity contribution in [3.05, 3.63) is 168 Å². The van der Waals surface area contributed by atoms with Crippen LogP contribution < -0.4 is 9.30 Å². The Kier molecular flexibility index (Phi) is 11.4. The van der Waals surface area contributed by atoms with Gasteiger partial charge < -0.3 is 9.30 Å². The molecule has 328 valence electrons. The molecule has 0 fully saturated rings. The monoisotopic (exact) mass is 1020 g/mol. The van der Waals surface area contributed by atoms with Crippen molar-refractivity contribution in [1.29, 1.82) is 0 Å². The molecule has 9 aromatic rings. The fourth-order valence-electron chi connectivity index (χ4n) is 8.24. The third-order valence-electron chi connectivity index (χ3n) is 12.1. The summed E-state index contributed by atoms with van der Waals surface area (Å²) in [6.07, 6.45) is 7.40. The zero-order valence-corrected chi connectivity index (χ0v) is 41.4. The Balaban J connectivity index is 0.00000560. The minimum Gasteiger partial charge on any atom is -0.522 e. The number of hydrogen-bond donors (Lipinski definition) is 0. The molecule has 4 aromatic heterocycles. The van der Waals surface area contributed by atoms with E-state index in [2.05, 4.69) is 214 Å². The number of hydrogen-bond acceptors (Lipinski definition) is 3. The fourth-order valence-corrected chi connectivity index (χ4v) is 8.24. The zero-order valence-electron chi connectivity index (χ0n) is 39.1. The van der Waals surface area contributed by atoms with Gasteiger partial charge in [0.1, 0.15) is 5.82 Å². The first-order valence-corrected chi connectivity index (χ1v) is 22.0. The molecule has 0 saturated carbocycles. The van der Waals surface area contributed by atoms with Crippen molar-refractivity contribution in [1.82, 2.24) is 19.1 Å². The Morgan fingerprint density at radius 3 is 1.86 bits per heavy atom. The van der Waals surface area contributed by atoms with Crippen molar-refractivity contribution in [2.24, 2.45) is 0 Å². The standard InChI is InChI=1S/C57H57N5O.Pt/c1-54(2,3)39-17-15-16-37(28-39)38-20-23-49-51(29-38)61(36-60(49)43-31-41(56(7,8)9)30-42(32-43)57(10,11)12)52-35-45(25-27-58-52)63-44-21-22-47-46-18-13-14-19-48(46)62(50(47)34-44)53-33-40(24-26-59-53)55(4,5)6;/h13-33H,1-12H3;/q-2;. The first kappa shape index (κ1) is 44.8. The van der Waals surface area contributed by atoms with Crippen LogP contribution in [0.15, 0.2) is 128 Å². The summed E-state index contributed by atoms with van der Waals surface area (Å²) in [7, 11) is 0. The molecule has 0 aliphatic carbocycles. The van der Waals surface area contributed by atoms with Gasteiger partial charge in [-0.3, -0.25) is 14.1 Å². The van der Waals surface area contributed by atoms with Crippen molar-refractivity contribution in [3.63, 3.8) is 0 Å². The number of fused-ring (bicyclic) bond motifs is 4. The van der Waals surface area contributed by atoms with Crippen LogP contribution in [-0.2, 0) is 42.7 Å². The van der Waals surface area contributed by atoms with Crippen LogP contribution in [0.3, 0.4) is 0 Å². The minimum absolute atomic E-state index is 0. The average molecular weight is 1020 g/mol. The van der Waals surface area contributed by atoms with Crippen LogP contribution in [0.2, 0.25) is 0 Å². The molecule has 5 aromatic carbocycles. The molecule has 0 spiro atoms.